The van der Waals surface area contributed by atoms with Gasteiger partial charge in [-0.15, -0.1) is 11.8 Å². The molecule has 0 unspecified atom stereocenters. The van der Waals surface area contributed by atoms with Crippen LogP contribution in [0, 0.1) is 0 Å². The first-order valence-electron chi connectivity index (χ1n) is 6.74. The summed E-state index contributed by atoms with van der Waals surface area (Å²) in [6.45, 7) is 1.55. The van der Waals surface area contributed by atoms with E-state index in [1.165, 1.54) is 23.5 Å². The van der Waals surface area contributed by atoms with E-state index in [0.717, 1.165) is 9.13 Å². The number of carbonyl (C=O) groups excluding carboxylic acids is 2. The van der Waals surface area contributed by atoms with Crippen molar-refractivity contribution in [3.05, 3.63) is 76.0 Å². The zero-order valence-electron chi connectivity index (χ0n) is 12.4. The van der Waals surface area contributed by atoms with Gasteiger partial charge in [-0.3, -0.25) is 9.59 Å². The molecule has 0 saturated carbocycles. The molecule has 22 heavy (non-hydrogen) atoms. The lowest BCUT2D eigenvalue weighted by Gasteiger charge is -2.05. The van der Waals surface area contributed by atoms with E-state index in [1.807, 2.05) is 60.9 Å². The Kier molecular flexibility index (Phi) is 6.04. The van der Waals surface area contributed by atoms with Crippen LogP contribution in [0.4, 0.5) is 0 Å². The molecule has 112 valence electrons. The second kappa shape index (κ2) is 8.01. The van der Waals surface area contributed by atoms with Crippen molar-refractivity contribution in [3.63, 3.8) is 0 Å². The molecular formula is C18H16O2S2. The zero-order chi connectivity index (χ0) is 15.9. The highest BCUT2D eigenvalue weighted by Gasteiger charge is 2.06. The Bertz CT molecular complexity index is 689. The Morgan fingerprint density at radius 2 is 1.55 bits per heavy atom. The molecule has 0 aliphatic rings. The summed E-state index contributed by atoms with van der Waals surface area (Å²) >= 11 is 3.06. The summed E-state index contributed by atoms with van der Waals surface area (Å²) in [5.41, 5.74) is 1.38. The van der Waals surface area contributed by atoms with E-state index in [9.17, 15) is 9.59 Å². The molecule has 2 aromatic carbocycles. The van der Waals surface area contributed by atoms with Gasteiger partial charge in [-0.25, -0.2) is 0 Å². The highest BCUT2D eigenvalue weighted by Crippen LogP contribution is 2.33. The minimum Gasteiger partial charge on any atom is -0.295 e. The minimum atomic E-state index is -0.00203. The second-order valence-corrected chi connectivity index (χ2v) is 6.80. The number of ketones is 2. The van der Waals surface area contributed by atoms with Gasteiger partial charge in [0.05, 0.1) is 0 Å². The molecule has 2 rings (SSSR count). The summed E-state index contributed by atoms with van der Waals surface area (Å²) in [6.07, 6.45) is 3.60. The number of carbonyl (C=O) groups is 2. The van der Waals surface area contributed by atoms with Gasteiger partial charge in [-0.05, 0) is 25.3 Å². The normalized spacial score (nSPS) is 11.3. The molecule has 2 nitrogen and oxygen atoms in total. The first-order chi connectivity index (χ1) is 10.6. The van der Waals surface area contributed by atoms with Crippen LogP contribution >= 0.6 is 23.5 Å². The van der Waals surface area contributed by atoms with Crippen LogP contribution in [0.3, 0.4) is 0 Å². The molecular weight excluding hydrogens is 312 g/mol. The Morgan fingerprint density at radius 1 is 0.909 bits per heavy atom. The number of thioether (sulfide) groups is 2. The van der Waals surface area contributed by atoms with E-state index in [1.54, 1.807) is 13.0 Å². The number of rotatable bonds is 6. The van der Waals surface area contributed by atoms with Gasteiger partial charge >= 0.3 is 0 Å². The van der Waals surface area contributed by atoms with E-state index in [4.69, 9.17) is 0 Å². The van der Waals surface area contributed by atoms with Gasteiger partial charge in [0.2, 0.25) is 0 Å². The van der Waals surface area contributed by atoms with Crippen LogP contribution in [0.2, 0.25) is 0 Å². The SMILES string of the molecule is CS/C(=C/C(=O)c1ccccc1)Sc1ccc(C(C)=O)cc1. The highest BCUT2D eigenvalue weighted by molar-refractivity contribution is 8.22. The lowest BCUT2D eigenvalue weighted by atomic mass is 10.1. The Hall–Kier alpha value is -1.78. The largest absolute Gasteiger partial charge is 0.295 e. The summed E-state index contributed by atoms with van der Waals surface area (Å²) in [4.78, 5) is 24.5. The van der Waals surface area contributed by atoms with Crippen LogP contribution in [-0.4, -0.2) is 17.8 Å². The van der Waals surface area contributed by atoms with Gasteiger partial charge in [0, 0.05) is 26.3 Å². The molecule has 0 spiro atoms. The lowest BCUT2D eigenvalue weighted by molar-refractivity contribution is 0.101. The predicted molar refractivity (Wildman–Crippen MR) is 94.7 cm³/mol. The smallest absolute Gasteiger partial charge is 0.187 e. The molecule has 0 saturated heterocycles. The number of allylic oxidation sites excluding steroid dienone is 1. The third kappa shape index (κ3) is 4.61. The van der Waals surface area contributed by atoms with Crippen molar-refractivity contribution in [2.75, 3.05) is 6.26 Å². The number of hydrogen-bond acceptors (Lipinski definition) is 4. The Balaban J connectivity index is 2.13. The molecule has 4 heteroatoms. The molecule has 2 aromatic rings. The maximum absolute atomic E-state index is 12.2. The van der Waals surface area contributed by atoms with E-state index >= 15 is 0 Å². The molecule has 0 radical (unpaired) electrons. The third-order valence-electron chi connectivity index (χ3n) is 2.99. The fourth-order valence-corrected chi connectivity index (χ4v) is 3.31. The van der Waals surface area contributed by atoms with Crippen molar-refractivity contribution in [1.82, 2.24) is 0 Å². The van der Waals surface area contributed by atoms with Gasteiger partial charge in [-0.2, -0.15) is 0 Å². The molecule has 0 heterocycles. The second-order valence-electron chi connectivity index (χ2n) is 4.58. The monoisotopic (exact) mass is 328 g/mol. The van der Waals surface area contributed by atoms with E-state index in [-0.39, 0.29) is 11.6 Å². The summed E-state index contributed by atoms with van der Waals surface area (Å²) in [7, 11) is 0. The summed E-state index contributed by atoms with van der Waals surface area (Å²) < 4.78 is 0.921. The summed E-state index contributed by atoms with van der Waals surface area (Å²) in [6, 6.07) is 16.6. The summed E-state index contributed by atoms with van der Waals surface area (Å²) in [5, 5.41) is 0. The van der Waals surface area contributed by atoms with E-state index < -0.39 is 0 Å². The van der Waals surface area contributed by atoms with Crippen LogP contribution < -0.4 is 0 Å². The van der Waals surface area contributed by atoms with E-state index in [2.05, 4.69) is 0 Å². The molecule has 0 aliphatic carbocycles. The lowest BCUT2D eigenvalue weighted by Crippen LogP contribution is -1.94. The first kappa shape index (κ1) is 16.6. The zero-order valence-corrected chi connectivity index (χ0v) is 14.0. The standard InChI is InChI=1S/C18H16O2S2/c1-13(19)14-8-10-16(11-9-14)22-18(21-2)12-17(20)15-6-4-3-5-7-15/h3-12H,1-2H3/b18-12-. The minimum absolute atomic E-state index is 0.00203. The summed E-state index contributed by atoms with van der Waals surface area (Å²) in [5.74, 6) is 0.0502. The van der Waals surface area contributed by atoms with Crippen LogP contribution in [-0.2, 0) is 0 Å². The van der Waals surface area contributed by atoms with Gasteiger partial charge in [0.15, 0.2) is 11.6 Å². The number of benzene rings is 2. The number of Topliss-reactive ketones (excluding diaryl/α,β-unsaturated/α-hetero) is 1. The molecule has 0 N–H and O–H groups in total. The van der Waals surface area contributed by atoms with E-state index in [0.29, 0.717) is 11.1 Å². The average Bonchev–Trinajstić information content (AvgIpc) is 2.55. The van der Waals surface area contributed by atoms with Crippen LogP contribution in [0.15, 0.2) is 69.8 Å². The predicted octanol–water partition coefficient (Wildman–Crippen LogP) is 5.07. The Morgan fingerprint density at radius 3 is 2.09 bits per heavy atom. The first-order valence-corrected chi connectivity index (χ1v) is 8.78. The van der Waals surface area contributed by atoms with Gasteiger partial charge in [0.1, 0.15) is 0 Å². The van der Waals surface area contributed by atoms with Crippen molar-refractivity contribution in [2.24, 2.45) is 0 Å². The molecule has 0 aromatic heterocycles. The average molecular weight is 328 g/mol. The highest BCUT2D eigenvalue weighted by atomic mass is 32.2. The van der Waals surface area contributed by atoms with Crippen LogP contribution in [0.1, 0.15) is 27.6 Å². The van der Waals surface area contributed by atoms with Crippen molar-refractivity contribution in [1.29, 1.82) is 0 Å². The fraction of sp³-hybridized carbons (Fsp3) is 0.111. The maximum Gasteiger partial charge on any atom is 0.187 e. The van der Waals surface area contributed by atoms with Crippen molar-refractivity contribution in [3.8, 4) is 0 Å². The molecule has 0 fully saturated rings. The molecule has 0 aliphatic heterocycles. The van der Waals surface area contributed by atoms with Gasteiger partial charge in [0.25, 0.3) is 0 Å². The van der Waals surface area contributed by atoms with Gasteiger partial charge in [-0.1, -0.05) is 54.2 Å². The quantitative estimate of drug-likeness (QED) is 0.421. The van der Waals surface area contributed by atoms with Crippen LogP contribution in [0.5, 0.6) is 0 Å². The van der Waals surface area contributed by atoms with Crippen molar-refractivity contribution in [2.45, 2.75) is 11.8 Å². The van der Waals surface area contributed by atoms with Crippen molar-refractivity contribution < 1.29 is 9.59 Å². The molecule has 0 bridgehead atoms. The fourth-order valence-electron chi connectivity index (χ4n) is 1.80. The maximum atomic E-state index is 12.2. The molecule has 0 atom stereocenters. The van der Waals surface area contributed by atoms with Crippen molar-refractivity contribution >= 4 is 35.1 Å². The molecule has 0 amide bonds. The Labute approximate surface area is 139 Å². The third-order valence-corrected chi connectivity index (χ3v) is 5.08. The topological polar surface area (TPSA) is 34.1 Å². The van der Waals surface area contributed by atoms with Crippen LogP contribution in [0.25, 0.3) is 0 Å². The van der Waals surface area contributed by atoms with Gasteiger partial charge < -0.3 is 0 Å². The number of hydrogen-bond donors (Lipinski definition) is 0.